The van der Waals surface area contributed by atoms with Crippen molar-refractivity contribution in [1.29, 1.82) is 0 Å². The number of para-hydroxylation sites is 1. The SMILES string of the molecule is Cl.O=c1[nH]c(CCCN2CC=C(c3ccccc3)CC2)nc2ccccc12. The number of nitrogens with zero attached hydrogens (tertiary/aromatic N) is 2. The molecule has 0 saturated heterocycles. The molecule has 1 aromatic heterocycles. The molecule has 1 N–H and O–H groups in total. The molecule has 4 rings (SSSR count). The number of aromatic nitrogens is 2. The minimum Gasteiger partial charge on any atom is -0.310 e. The Morgan fingerprint density at radius 2 is 1.81 bits per heavy atom. The summed E-state index contributed by atoms with van der Waals surface area (Å²) < 4.78 is 0. The van der Waals surface area contributed by atoms with Crippen molar-refractivity contribution in [1.82, 2.24) is 14.9 Å². The van der Waals surface area contributed by atoms with Crippen LogP contribution in [0.1, 0.15) is 24.2 Å². The number of nitrogens with one attached hydrogen (secondary N) is 1. The fourth-order valence-corrected chi connectivity index (χ4v) is 3.55. The molecular weight excluding hydrogens is 358 g/mol. The maximum Gasteiger partial charge on any atom is 0.258 e. The fraction of sp³-hybridized carbons (Fsp3) is 0.273. The van der Waals surface area contributed by atoms with Crippen LogP contribution in [0.15, 0.2) is 65.5 Å². The van der Waals surface area contributed by atoms with E-state index in [0.717, 1.165) is 50.2 Å². The Morgan fingerprint density at radius 1 is 1.04 bits per heavy atom. The number of aryl methyl sites for hydroxylation is 1. The van der Waals surface area contributed by atoms with Gasteiger partial charge in [0.2, 0.25) is 0 Å². The lowest BCUT2D eigenvalue weighted by Crippen LogP contribution is -2.30. The third kappa shape index (κ3) is 4.65. The average Bonchev–Trinajstić information content (AvgIpc) is 2.69. The van der Waals surface area contributed by atoms with Gasteiger partial charge in [0.05, 0.1) is 10.9 Å². The van der Waals surface area contributed by atoms with E-state index in [2.05, 4.69) is 51.3 Å². The van der Waals surface area contributed by atoms with Crippen molar-refractivity contribution in [2.75, 3.05) is 19.6 Å². The molecule has 2 heterocycles. The molecule has 5 heteroatoms. The average molecular weight is 382 g/mol. The van der Waals surface area contributed by atoms with Crippen LogP contribution in [0.5, 0.6) is 0 Å². The van der Waals surface area contributed by atoms with Crippen molar-refractivity contribution in [2.45, 2.75) is 19.3 Å². The van der Waals surface area contributed by atoms with E-state index in [4.69, 9.17) is 0 Å². The lowest BCUT2D eigenvalue weighted by Gasteiger charge is -2.26. The maximum absolute atomic E-state index is 12.1. The molecule has 1 aliphatic rings. The highest BCUT2D eigenvalue weighted by molar-refractivity contribution is 5.85. The van der Waals surface area contributed by atoms with Crippen LogP contribution in [-0.2, 0) is 6.42 Å². The first kappa shape index (κ1) is 19.3. The van der Waals surface area contributed by atoms with Gasteiger partial charge in [0, 0.05) is 19.5 Å². The van der Waals surface area contributed by atoms with Gasteiger partial charge in [-0.3, -0.25) is 9.69 Å². The van der Waals surface area contributed by atoms with Gasteiger partial charge in [-0.2, -0.15) is 0 Å². The standard InChI is InChI=1S/C22H23N3O.ClH/c26-22-19-9-4-5-10-20(19)23-21(24-22)11-6-14-25-15-12-18(13-16-25)17-7-2-1-3-8-17;/h1-5,7-10,12H,6,11,13-16H2,(H,23,24,26);1H. The van der Waals surface area contributed by atoms with Gasteiger partial charge in [-0.1, -0.05) is 48.5 Å². The lowest BCUT2D eigenvalue weighted by molar-refractivity contribution is 0.297. The first-order valence-electron chi connectivity index (χ1n) is 9.24. The molecule has 0 aliphatic carbocycles. The molecule has 0 atom stereocenters. The zero-order valence-corrected chi connectivity index (χ0v) is 16.0. The van der Waals surface area contributed by atoms with E-state index in [1.807, 2.05) is 24.3 Å². The Kier molecular flexibility index (Phi) is 6.43. The lowest BCUT2D eigenvalue weighted by atomic mass is 9.99. The molecule has 0 bridgehead atoms. The zero-order valence-electron chi connectivity index (χ0n) is 15.2. The predicted octanol–water partition coefficient (Wildman–Crippen LogP) is 4.07. The monoisotopic (exact) mass is 381 g/mol. The van der Waals surface area contributed by atoms with Gasteiger partial charge in [-0.05, 0) is 42.7 Å². The van der Waals surface area contributed by atoms with Crippen LogP contribution >= 0.6 is 12.4 Å². The Bertz CT molecular complexity index is 982. The minimum absolute atomic E-state index is 0. The number of hydrogen-bond acceptors (Lipinski definition) is 3. The fourth-order valence-electron chi connectivity index (χ4n) is 3.55. The van der Waals surface area contributed by atoms with Crippen molar-refractivity contribution in [3.8, 4) is 0 Å². The van der Waals surface area contributed by atoms with Crippen molar-refractivity contribution in [2.24, 2.45) is 0 Å². The Balaban J connectivity index is 0.00000210. The third-order valence-electron chi connectivity index (χ3n) is 4.99. The second-order valence-electron chi connectivity index (χ2n) is 6.78. The third-order valence-corrected chi connectivity index (χ3v) is 4.99. The number of hydrogen-bond donors (Lipinski definition) is 1. The van der Waals surface area contributed by atoms with Gasteiger partial charge in [-0.15, -0.1) is 12.4 Å². The number of rotatable bonds is 5. The van der Waals surface area contributed by atoms with Crippen LogP contribution in [0.2, 0.25) is 0 Å². The highest BCUT2D eigenvalue weighted by Gasteiger charge is 2.12. The van der Waals surface area contributed by atoms with E-state index in [1.54, 1.807) is 0 Å². The van der Waals surface area contributed by atoms with E-state index >= 15 is 0 Å². The molecule has 0 saturated carbocycles. The summed E-state index contributed by atoms with van der Waals surface area (Å²) in [6.45, 7) is 3.10. The number of H-pyrrole nitrogens is 1. The molecule has 0 unspecified atom stereocenters. The van der Waals surface area contributed by atoms with Crippen molar-refractivity contribution in [3.05, 3.63) is 82.4 Å². The topological polar surface area (TPSA) is 49.0 Å². The molecule has 2 aromatic carbocycles. The van der Waals surface area contributed by atoms with Crippen LogP contribution < -0.4 is 5.56 Å². The van der Waals surface area contributed by atoms with Crippen LogP contribution in [0.25, 0.3) is 16.5 Å². The van der Waals surface area contributed by atoms with Crippen LogP contribution in [-0.4, -0.2) is 34.5 Å². The quantitative estimate of drug-likeness (QED) is 0.724. The maximum atomic E-state index is 12.1. The summed E-state index contributed by atoms with van der Waals surface area (Å²) in [6, 6.07) is 18.1. The Labute approximate surface area is 165 Å². The summed E-state index contributed by atoms with van der Waals surface area (Å²) in [5.41, 5.74) is 3.52. The predicted molar refractivity (Wildman–Crippen MR) is 113 cm³/mol. The second-order valence-corrected chi connectivity index (χ2v) is 6.78. The van der Waals surface area contributed by atoms with E-state index in [1.165, 1.54) is 11.1 Å². The van der Waals surface area contributed by atoms with E-state index in [-0.39, 0.29) is 18.0 Å². The number of benzene rings is 2. The van der Waals surface area contributed by atoms with Gasteiger partial charge < -0.3 is 4.98 Å². The molecular formula is C22H24ClN3O. The molecule has 27 heavy (non-hydrogen) atoms. The van der Waals surface area contributed by atoms with Crippen LogP contribution in [0, 0.1) is 0 Å². The largest absolute Gasteiger partial charge is 0.310 e. The van der Waals surface area contributed by atoms with E-state index < -0.39 is 0 Å². The van der Waals surface area contributed by atoms with Crippen molar-refractivity contribution >= 4 is 28.9 Å². The summed E-state index contributed by atoms with van der Waals surface area (Å²) in [5, 5.41) is 0.658. The van der Waals surface area contributed by atoms with Crippen molar-refractivity contribution < 1.29 is 0 Å². The summed E-state index contributed by atoms with van der Waals surface area (Å²) >= 11 is 0. The molecule has 0 radical (unpaired) electrons. The smallest absolute Gasteiger partial charge is 0.258 e. The van der Waals surface area contributed by atoms with Gasteiger partial charge in [0.25, 0.3) is 5.56 Å². The van der Waals surface area contributed by atoms with E-state index in [0.29, 0.717) is 5.39 Å². The number of fused-ring (bicyclic) bond motifs is 1. The Hall–Kier alpha value is -2.43. The zero-order chi connectivity index (χ0) is 17.8. The van der Waals surface area contributed by atoms with Gasteiger partial charge in [-0.25, -0.2) is 4.98 Å². The molecule has 1 aliphatic heterocycles. The first-order valence-corrected chi connectivity index (χ1v) is 9.24. The molecule has 0 amide bonds. The number of halogens is 1. The molecule has 3 aromatic rings. The Morgan fingerprint density at radius 3 is 2.59 bits per heavy atom. The normalized spacial score (nSPS) is 14.6. The highest BCUT2D eigenvalue weighted by Crippen LogP contribution is 2.22. The summed E-state index contributed by atoms with van der Waals surface area (Å²) in [6.07, 6.45) is 5.23. The summed E-state index contributed by atoms with van der Waals surface area (Å²) in [5.74, 6) is 0.784. The van der Waals surface area contributed by atoms with E-state index in [9.17, 15) is 4.79 Å². The van der Waals surface area contributed by atoms with Gasteiger partial charge >= 0.3 is 0 Å². The molecule has 0 spiro atoms. The van der Waals surface area contributed by atoms with Crippen LogP contribution in [0.3, 0.4) is 0 Å². The van der Waals surface area contributed by atoms with Crippen molar-refractivity contribution in [3.63, 3.8) is 0 Å². The van der Waals surface area contributed by atoms with Gasteiger partial charge in [0.1, 0.15) is 5.82 Å². The summed E-state index contributed by atoms with van der Waals surface area (Å²) in [4.78, 5) is 22.1. The number of aromatic amines is 1. The molecule has 140 valence electrons. The summed E-state index contributed by atoms with van der Waals surface area (Å²) in [7, 11) is 0. The minimum atomic E-state index is -0.0426. The highest BCUT2D eigenvalue weighted by atomic mass is 35.5. The molecule has 0 fully saturated rings. The van der Waals surface area contributed by atoms with Crippen LogP contribution in [0.4, 0.5) is 0 Å². The molecule has 4 nitrogen and oxygen atoms in total. The second kappa shape index (κ2) is 8.98. The first-order chi connectivity index (χ1) is 12.8. The van der Waals surface area contributed by atoms with Gasteiger partial charge in [0.15, 0.2) is 0 Å².